The Morgan fingerprint density at radius 1 is 1.59 bits per heavy atom. The second-order valence-electron chi connectivity index (χ2n) is 3.01. The van der Waals surface area contributed by atoms with Crippen molar-refractivity contribution in [2.45, 2.75) is 18.6 Å². The van der Waals surface area contributed by atoms with Crippen molar-refractivity contribution >= 4 is 21.7 Å². The molecule has 0 aromatic carbocycles. The first-order valence-corrected chi connectivity index (χ1v) is 5.33. The van der Waals surface area contributed by atoms with E-state index in [4.69, 9.17) is 0 Å². The van der Waals surface area contributed by atoms with Crippen LogP contribution < -0.4 is 4.74 Å². The van der Waals surface area contributed by atoms with Crippen LogP contribution in [0.1, 0.15) is 11.3 Å². The largest absolute Gasteiger partial charge is 0.573 e. The smallest absolute Gasteiger partial charge is 0.397 e. The highest BCUT2D eigenvalue weighted by molar-refractivity contribution is 9.08. The molecule has 0 unspecified atom stereocenters. The van der Waals surface area contributed by atoms with E-state index >= 15 is 0 Å². The molecule has 1 aromatic rings. The maximum atomic E-state index is 12.0. The number of halogens is 4. The number of rotatable bonds is 3. The van der Waals surface area contributed by atoms with E-state index in [1.165, 1.54) is 6.92 Å². The summed E-state index contributed by atoms with van der Waals surface area (Å²) in [6.07, 6.45) is -4.99. The Hall–Kier alpha value is -1.38. The Balaban J connectivity index is 3.28. The van der Waals surface area contributed by atoms with Gasteiger partial charge in [-0.2, -0.15) is 0 Å². The van der Waals surface area contributed by atoms with Crippen LogP contribution in [0.4, 0.5) is 19.0 Å². The monoisotopic (exact) mass is 314 g/mol. The van der Waals surface area contributed by atoms with Crippen molar-refractivity contribution in [3.63, 3.8) is 0 Å². The highest BCUT2D eigenvalue weighted by Crippen LogP contribution is 2.32. The summed E-state index contributed by atoms with van der Waals surface area (Å²) in [5.74, 6) is -1.87. The Morgan fingerprint density at radius 2 is 2.18 bits per heavy atom. The van der Waals surface area contributed by atoms with Gasteiger partial charge in [-0.05, 0) is 22.9 Å². The van der Waals surface area contributed by atoms with E-state index in [0.29, 0.717) is 5.56 Å². The Morgan fingerprint density at radius 3 is 2.59 bits per heavy atom. The fourth-order valence-corrected chi connectivity index (χ4v) is 1.65. The predicted molar refractivity (Wildman–Crippen MR) is 54.9 cm³/mol. The van der Waals surface area contributed by atoms with Crippen molar-refractivity contribution in [1.29, 1.82) is 0 Å². The molecule has 0 amide bonds. The van der Waals surface area contributed by atoms with Gasteiger partial charge in [-0.1, -0.05) is 15.9 Å². The van der Waals surface area contributed by atoms with Gasteiger partial charge < -0.3 is 14.9 Å². The minimum absolute atomic E-state index is 0.200. The van der Waals surface area contributed by atoms with Crippen molar-refractivity contribution in [2.24, 2.45) is 0 Å². The number of hydrogen-bond donors (Lipinski definition) is 0. The molecule has 0 saturated carbocycles. The van der Waals surface area contributed by atoms with Gasteiger partial charge in [0.15, 0.2) is 5.69 Å². The summed E-state index contributed by atoms with van der Waals surface area (Å²) < 4.78 is 39.6. The van der Waals surface area contributed by atoms with Gasteiger partial charge in [0, 0.05) is 5.56 Å². The lowest BCUT2D eigenvalue weighted by Gasteiger charge is -2.09. The molecule has 0 N–H and O–H groups in total. The Kier molecular flexibility index (Phi) is 3.91. The minimum Gasteiger partial charge on any atom is -0.397 e. The molecule has 5 nitrogen and oxygen atoms in total. The first kappa shape index (κ1) is 13.7. The third-order valence-corrected chi connectivity index (χ3v) is 2.32. The number of ether oxygens (including phenoxy) is 1. The van der Waals surface area contributed by atoms with Crippen molar-refractivity contribution in [3.8, 4) is 5.75 Å². The minimum atomic E-state index is -4.99. The lowest BCUT2D eigenvalue weighted by molar-refractivity contribution is -0.393. The van der Waals surface area contributed by atoms with Crippen molar-refractivity contribution in [2.75, 3.05) is 0 Å². The zero-order chi connectivity index (χ0) is 13.2. The molecular formula is C8H6BrF3N2O3. The zero-order valence-electron chi connectivity index (χ0n) is 8.42. The van der Waals surface area contributed by atoms with Crippen LogP contribution in [-0.2, 0) is 5.33 Å². The van der Waals surface area contributed by atoms with Crippen LogP contribution in [0.15, 0.2) is 6.07 Å². The molecule has 0 radical (unpaired) electrons. The molecule has 0 atom stereocenters. The van der Waals surface area contributed by atoms with Gasteiger partial charge in [0.25, 0.3) is 0 Å². The third-order valence-electron chi connectivity index (χ3n) is 1.79. The van der Waals surface area contributed by atoms with E-state index in [9.17, 15) is 23.3 Å². The van der Waals surface area contributed by atoms with Crippen LogP contribution in [0.5, 0.6) is 5.75 Å². The summed E-state index contributed by atoms with van der Waals surface area (Å²) in [4.78, 5) is 13.0. The highest BCUT2D eigenvalue weighted by atomic mass is 79.9. The topological polar surface area (TPSA) is 65.3 Å². The fraction of sp³-hybridized carbons (Fsp3) is 0.375. The zero-order valence-corrected chi connectivity index (χ0v) is 10.0. The van der Waals surface area contributed by atoms with Crippen LogP contribution in [0, 0.1) is 17.0 Å². The third kappa shape index (κ3) is 3.55. The summed E-state index contributed by atoms with van der Waals surface area (Å²) >= 11 is 3.03. The SMILES string of the molecule is Cc1cc(OC(F)(F)F)c([N+](=O)[O-])nc1CBr. The van der Waals surface area contributed by atoms with E-state index in [0.717, 1.165) is 6.07 Å². The van der Waals surface area contributed by atoms with Gasteiger partial charge in [0.05, 0.1) is 5.33 Å². The molecule has 0 spiro atoms. The molecule has 0 fully saturated rings. The van der Waals surface area contributed by atoms with Crippen LogP contribution in [-0.4, -0.2) is 16.3 Å². The van der Waals surface area contributed by atoms with Gasteiger partial charge in [-0.15, -0.1) is 13.2 Å². The molecule has 1 aromatic heterocycles. The molecule has 9 heteroatoms. The standard InChI is InChI=1S/C8H6BrF3N2O3/c1-4-2-6(17-8(10,11)12)7(14(15)16)13-5(4)3-9/h2H,3H2,1H3. The van der Waals surface area contributed by atoms with Gasteiger partial charge >= 0.3 is 12.2 Å². The molecule has 0 aliphatic heterocycles. The number of nitro groups is 1. The summed E-state index contributed by atoms with van der Waals surface area (Å²) in [6, 6.07) is 0.940. The molecule has 1 heterocycles. The van der Waals surface area contributed by atoms with Crippen molar-refractivity contribution < 1.29 is 22.8 Å². The van der Waals surface area contributed by atoms with E-state index in [2.05, 4.69) is 25.7 Å². The highest BCUT2D eigenvalue weighted by Gasteiger charge is 2.35. The van der Waals surface area contributed by atoms with Gasteiger partial charge in [-0.3, -0.25) is 0 Å². The summed E-state index contributed by atoms with van der Waals surface area (Å²) in [5.41, 5.74) is 0.651. The Bertz CT molecular complexity index is 450. The van der Waals surface area contributed by atoms with Crippen LogP contribution in [0.3, 0.4) is 0 Å². The second-order valence-corrected chi connectivity index (χ2v) is 3.57. The number of hydrogen-bond acceptors (Lipinski definition) is 4. The van der Waals surface area contributed by atoms with Gasteiger partial charge in [-0.25, -0.2) is 0 Å². The number of aryl methyl sites for hydroxylation is 1. The fourth-order valence-electron chi connectivity index (χ4n) is 1.08. The first-order chi connectivity index (χ1) is 7.74. The summed E-state index contributed by atoms with van der Waals surface area (Å²) in [7, 11) is 0. The van der Waals surface area contributed by atoms with Crippen LogP contribution in [0.2, 0.25) is 0 Å². The average Bonchev–Trinajstić information content (AvgIpc) is 2.14. The number of alkyl halides is 4. The molecule has 0 saturated heterocycles. The Labute approximate surface area is 102 Å². The van der Waals surface area contributed by atoms with E-state index in [1.54, 1.807) is 0 Å². The maximum Gasteiger partial charge on any atom is 0.573 e. The van der Waals surface area contributed by atoms with Crippen molar-refractivity contribution in [3.05, 3.63) is 27.4 Å². The molecule has 17 heavy (non-hydrogen) atoms. The predicted octanol–water partition coefficient (Wildman–Crippen LogP) is 3.09. The molecule has 0 aliphatic rings. The van der Waals surface area contributed by atoms with E-state index < -0.39 is 22.9 Å². The molecule has 94 valence electrons. The van der Waals surface area contributed by atoms with E-state index in [-0.39, 0.29) is 11.0 Å². The summed E-state index contributed by atoms with van der Waals surface area (Å²) in [6.45, 7) is 1.48. The molecule has 0 bridgehead atoms. The van der Waals surface area contributed by atoms with Gasteiger partial charge in [0.1, 0.15) is 0 Å². The number of nitrogens with zero attached hydrogens (tertiary/aromatic N) is 2. The number of aromatic nitrogens is 1. The average molecular weight is 315 g/mol. The first-order valence-electron chi connectivity index (χ1n) is 4.21. The second kappa shape index (κ2) is 4.86. The van der Waals surface area contributed by atoms with Crippen LogP contribution in [0.25, 0.3) is 0 Å². The molecule has 0 aliphatic carbocycles. The van der Waals surface area contributed by atoms with Gasteiger partial charge in [0.2, 0.25) is 5.75 Å². The molecular weight excluding hydrogens is 309 g/mol. The summed E-state index contributed by atoms with van der Waals surface area (Å²) in [5, 5.41) is 10.8. The van der Waals surface area contributed by atoms with Crippen molar-refractivity contribution in [1.82, 2.24) is 4.98 Å². The van der Waals surface area contributed by atoms with Crippen LogP contribution >= 0.6 is 15.9 Å². The lowest BCUT2D eigenvalue weighted by atomic mass is 10.2. The number of pyridine rings is 1. The lowest BCUT2D eigenvalue weighted by Crippen LogP contribution is -2.18. The quantitative estimate of drug-likeness (QED) is 0.488. The maximum absolute atomic E-state index is 12.0. The normalized spacial score (nSPS) is 11.4. The molecule has 1 rings (SSSR count). The van der Waals surface area contributed by atoms with E-state index in [1.807, 2.05) is 0 Å².